The number of aromatic nitrogens is 6. The van der Waals surface area contributed by atoms with E-state index in [1.54, 1.807) is 25.2 Å². The van der Waals surface area contributed by atoms with Crippen LogP contribution in [0, 0.1) is 5.82 Å². The average Bonchev–Trinajstić information content (AvgIpc) is 3.16. The van der Waals surface area contributed by atoms with Gasteiger partial charge in [0.2, 0.25) is 5.95 Å². The number of nitrogens with one attached hydrogen (secondary N) is 2. The zero-order valence-electron chi connectivity index (χ0n) is 13.2. The van der Waals surface area contributed by atoms with Gasteiger partial charge in [0.1, 0.15) is 24.4 Å². The van der Waals surface area contributed by atoms with Crippen LogP contribution in [0.5, 0.6) is 5.75 Å². The highest BCUT2D eigenvalue weighted by Gasteiger charge is 2.11. The third-order valence-corrected chi connectivity index (χ3v) is 3.14. The molecule has 0 amide bonds. The smallest absolute Gasteiger partial charge is 0.229 e. The predicted molar refractivity (Wildman–Crippen MR) is 86.6 cm³/mol. The lowest BCUT2D eigenvalue weighted by Gasteiger charge is -2.13. The number of anilines is 3. The number of aliphatic hydroxyl groups excluding tert-OH is 1. The van der Waals surface area contributed by atoms with E-state index in [4.69, 9.17) is 9.84 Å². The molecule has 0 fully saturated rings. The van der Waals surface area contributed by atoms with Crippen LogP contribution < -0.4 is 15.4 Å². The first-order valence-corrected chi connectivity index (χ1v) is 7.29. The maximum Gasteiger partial charge on any atom is 0.229 e. The van der Waals surface area contributed by atoms with Gasteiger partial charge in [0.25, 0.3) is 0 Å². The topological polar surface area (TPSA) is 123 Å². The van der Waals surface area contributed by atoms with Crippen LogP contribution in [0.4, 0.5) is 21.8 Å². The molecule has 0 aliphatic carbocycles. The van der Waals surface area contributed by atoms with Gasteiger partial charge in [0, 0.05) is 12.7 Å². The number of aliphatic hydroxyl groups is 1. The first-order valence-electron chi connectivity index (χ1n) is 7.29. The highest BCUT2D eigenvalue weighted by Crippen LogP contribution is 2.27. The Morgan fingerprint density at radius 2 is 2.24 bits per heavy atom. The van der Waals surface area contributed by atoms with Crippen LogP contribution in [0.3, 0.4) is 0 Å². The largest absolute Gasteiger partial charge is 0.489 e. The van der Waals surface area contributed by atoms with Crippen molar-refractivity contribution in [2.24, 2.45) is 0 Å². The van der Waals surface area contributed by atoms with Gasteiger partial charge in [-0.15, -0.1) is 5.10 Å². The molecule has 0 radical (unpaired) electrons. The number of ether oxygens (including phenoxy) is 1. The summed E-state index contributed by atoms with van der Waals surface area (Å²) in [6, 6.07) is 5.14. The fourth-order valence-electron chi connectivity index (χ4n) is 2.06. The van der Waals surface area contributed by atoms with Crippen LogP contribution in [0.15, 0.2) is 30.7 Å². The first kappa shape index (κ1) is 16.5. The number of hydrogen-bond donors (Lipinski definition) is 3. The van der Waals surface area contributed by atoms with Crippen molar-refractivity contribution < 1.29 is 14.2 Å². The fourth-order valence-corrected chi connectivity index (χ4v) is 2.06. The van der Waals surface area contributed by atoms with Crippen molar-refractivity contribution >= 4 is 17.5 Å². The molecule has 0 unspecified atom stereocenters. The molecule has 0 aliphatic rings. The van der Waals surface area contributed by atoms with Crippen molar-refractivity contribution in [2.75, 3.05) is 30.9 Å². The monoisotopic (exact) mass is 346 g/mol. The van der Waals surface area contributed by atoms with Gasteiger partial charge in [-0.2, -0.15) is 9.67 Å². The molecule has 0 aliphatic heterocycles. The number of nitrogens with zero attached hydrogens (tertiary/aromatic N) is 6. The Kier molecular flexibility index (Phi) is 4.95. The quantitative estimate of drug-likeness (QED) is 0.568. The minimum absolute atomic E-state index is 0.0844. The predicted octanol–water partition coefficient (Wildman–Crippen LogP) is 0.748. The molecule has 3 N–H and O–H groups in total. The van der Waals surface area contributed by atoms with Gasteiger partial charge in [-0.3, -0.25) is 0 Å². The van der Waals surface area contributed by atoms with Crippen LogP contribution in [0.2, 0.25) is 0 Å². The van der Waals surface area contributed by atoms with Gasteiger partial charge in [0.05, 0.1) is 12.8 Å². The highest BCUT2D eigenvalue weighted by atomic mass is 19.1. The SMILES string of the molecule is CNc1nc(Nc2ccc(OCCO)c(-n3cnnn3)c2)ncc1F. The Morgan fingerprint density at radius 1 is 1.36 bits per heavy atom. The summed E-state index contributed by atoms with van der Waals surface area (Å²) in [6.45, 7) is 0.0137. The molecule has 0 saturated heterocycles. The normalized spacial score (nSPS) is 10.5. The van der Waals surface area contributed by atoms with E-state index in [1.807, 2.05) is 0 Å². The second-order valence-corrected chi connectivity index (χ2v) is 4.77. The Balaban J connectivity index is 1.91. The number of hydrogen-bond acceptors (Lipinski definition) is 9. The molecule has 0 saturated carbocycles. The van der Waals surface area contributed by atoms with Gasteiger partial charge in [0.15, 0.2) is 11.6 Å². The van der Waals surface area contributed by atoms with Crippen LogP contribution in [0.1, 0.15) is 0 Å². The molecule has 0 atom stereocenters. The number of halogens is 1. The molecule has 130 valence electrons. The maximum atomic E-state index is 13.5. The van der Waals surface area contributed by atoms with Crippen molar-refractivity contribution in [3.8, 4) is 11.4 Å². The molecular formula is C14H15FN8O2. The molecule has 2 heterocycles. The van der Waals surface area contributed by atoms with E-state index in [0.717, 1.165) is 6.20 Å². The van der Waals surface area contributed by atoms with Gasteiger partial charge >= 0.3 is 0 Å². The summed E-state index contributed by atoms with van der Waals surface area (Å²) in [5, 5.41) is 25.6. The summed E-state index contributed by atoms with van der Waals surface area (Å²) < 4.78 is 20.4. The Bertz CT molecular complexity index is 843. The molecule has 11 heteroatoms. The molecule has 3 aromatic rings. The van der Waals surface area contributed by atoms with Gasteiger partial charge in [-0.25, -0.2) is 9.37 Å². The van der Waals surface area contributed by atoms with Gasteiger partial charge in [-0.1, -0.05) is 0 Å². The molecule has 2 aromatic heterocycles. The van der Waals surface area contributed by atoms with Gasteiger partial charge < -0.3 is 20.5 Å². The Morgan fingerprint density at radius 3 is 2.96 bits per heavy atom. The molecule has 0 spiro atoms. The van der Waals surface area contributed by atoms with Crippen LogP contribution in [0.25, 0.3) is 5.69 Å². The minimum atomic E-state index is -0.546. The first-order chi connectivity index (χ1) is 12.2. The summed E-state index contributed by atoms with van der Waals surface area (Å²) in [5.74, 6) is 0.247. The zero-order chi connectivity index (χ0) is 17.6. The van der Waals surface area contributed by atoms with Crippen molar-refractivity contribution in [1.29, 1.82) is 0 Å². The molecule has 3 rings (SSSR count). The summed E-state index contributed by atoms with van der Waals surface area (Å²) in [7, 11) is 1.57. The molecular weight excluding hydrogens is 331 g/mol. The van der Waals surface area contributed by atoms with Crippen LogP contribution in [-0.2, 0) is 0 Å². The van der Waals surface area contributed by atoms with E-state index in [-0.39, 0.29) is 25.0 Å². The lowest BCUT2D eigenvalue weighted by atomic mass is 10.2. The molecule has 10 nitrogen and oxygen atoms in total. The number of benzene rings is 1. The minimum Gasteiger partial charge on any atom is -0.489 e. The lowest BCUT2D eigenvalue weighted by molar-refractivity contribution is 0.201. The second-order valence-electron chi connectivity index (χ2n) is 4.77. The summed E-state index contributed by atoms with van der Waals surface area (Å²) in [6.07, 6.45) is 2.49. The number of rotatable bonds is 7. The zero-order valence-corrected chi connectivity index (χ0v) is 13.2. The maximum absolute atomic E-state index is 13.5. The van der Waals surface area contributed by atoms with Crippen molar-refractivity contribution in [2.45, 2.75) is 0 Å². The van der Waals surface area contributed by atoms with E-state index in [9.17, 15) is 4.39 Å². The van der Waals surface area contributed by atoms with Crippen molar-refractivity contribution in [3.05, 3.63) is 36.5 Å². The summed E-state index contributed by atoms with van der Waals surface area (Å²) in [5.41, 5.74) is 1.18. The Labute approximate surface area is 141 Å². The standard InChI is InChI=1S/C14H15FN8O2/c1-16-13-10(15)7-17-14(20-13)19-9-2-3-12(25-5-4-24)11(6-9)23-8-18-21-22-23/h2-3,6-8,24H,4-5H2,1H3,(H2,16,17,19,20). The van der Waals surface area contributed by atoms with E-state index in [0.29, 0.717) is 17.1 Å². The lowest BCUT2D eigenvalue weighted by Crippen LogP contribution is -2.07. The third kappa shape index (κ3) is 3.77. The van der Waals surface area contributed by atoms with Crippen molar-refractivity contribution in [1.82, 2.24) is 30.2 Å². The van der Waals surface area contributed by atoms with E-state index < -0.39 is 5.82 Å². The molecule has 0 bridgehead atoms. The summed E-state index contributed by atoms with van der Waals surface area (Å²) >= 11 is 0. The van der Waals surface area contributed by atoms with Crippen LogP contribution >= 0.6 is 0 Å². The van der Waals surface area contributed by atoms with Gasteiger partial charge in [-0.05, 0) is 28.6 Å². The van der Waals surface area contributed by atoms with E-state index in [1.165, 1.54) is 11.0 Å². The average molecular weight is 346 g/mol. The van der Waals surface area contributed by atoms with E-state index >= 15 is 0 Å². The van der Waals surface area contributed by atoms with Crippen LogP contribution in [-0.4, -0.2) is 55.5 Å². The second kappa shape index (κ2) is 7.49. The van der Waals surface area contributed by atoms with Crippen molar-refractivity contribution in [3.63, 3.8) is 0 Å². The number of tetrazole rings is 1. The molecule has 25 heavy (non-hydrogen) atoms. The highest BCUT2D eigenvalue weighted by molar-refractivity contribution is 5.62. The fraction of sp³-hybridized carbons (Fsp3) is 0.214. The third-order valence-electron chi connectivity index (χ3n) is 3.14. The summed E-state index contributed by atoms with van der Waals surface area (Å²) in [4.78, 5) is 7.93. The molecule has 1 aromatic carbocycles. The van der Waals surface area contributed by atoms with E-state index in [2.05, 4.69) is 36.1 Å². The Hall–Kier alpha value is -3.34.